The van der Waals surface area contributed by atoms with Gasteiger partial charge in [-0.2, -0.15) is 0 Å². The van der Waals surface area contributed by atoms with Crippen molar-refractivity contribution in [1.29, 1.82) is 0 Å². The Morgan fingerprint density at radius 2 is 1.83 bits per heavy atom. The van der Waals surface area contributed by atoms with Gasteiger partial charge in [0.1, 0.15) is 5.75 Å². The zero-order valence-electron chi connectivity index (χ0n) is 14.1. The fourth-order valence-corrected chi connectivity index (χ4v) is 1.97. The van der Waals surface area contributed by atoms with E-state index >= 15 is 0 Å². The predicted molar refractivity (Wildman–Crippen MR) is 85.1 cm³/mol. The van der Waals surface area contributed by atoms with Gasteiger partial charge in [0.15, 0.2) is 6.61 Å². The second-order valence-electron chi connectivity index (χ2n) is 6.29. The Labute approximate surface area is 136 Å². The molecule has 0 fully saturated rings. The largest absolute Gasteiger partial charge is 0.484 e. The molecule has 1 aromatic rings. The monoisotopic (exact) mass is 329 g/mol. The van der Waals surface area contributed by atoms with E-state index < -0.39 is 18.9 Å². The van der Waals surface area contributed by atoms with Crippen LogP contribution in [-0.4, -0.2) is 50.6 Å². The van der Waals surface area contributed by atoms with Crippen LogP contribution in [0.25, 0.3) is 0 Å². The molecule has 130 valence electrons. The van der Waals surface area contributed by atoms with Crippen molar-refractivity contribution in [1.82, 2.24) is 4.90 Å². The molecule has 0 aliphatic heterocycles. The summed E-state index contributed by atoms with van der Waals surface area (Å²) in [6.45, 7) is 5.74. The third-order valence-corrected chi connectivity index (χ3v) is 3.36. The highest BCUT2D eigenvalue weighted by Gasteiger charge is 2.19. The molecule has 0 radical (unpaired) electrons. The number of alkyl halides is 2. The highest BCUT2D eigenvalue weighted by atomic mass is 19.3. The maximum Gasteiger partial charge on any atom is 0.260 e. The number of rotatable bonds is 8. The number of ether oxygens (including phenoxy) is 2. The second-order valence-corrected chi connectivity index (χ2v) is 6.29. The third-order valence-electron chi connectivity index (χ3n) is 3.36. The van der Waals surface area contributed by atoms with Gasteiger partial charge in [-0.1, -0.05) is 32.9 Å². The minimum Gasteiger partial charge on any atom is -0.484 e. The molecular weight excluding hydrogens is 304 g/mol. The van der Waals surface area contributed by atoms with Crippen LogP contribution in [0.2, 0.25) is 0 Å². The number of hydrogen-bond acceptors (Lipinski definition) is 3. The molecule has 0 aliphatic rings. The van der Waals surface area contributed by atoms with Crippen LogP contribution in [0.15, 0.2) is 24.3 Å². The predicted octanol–water partition coefficient (Wildman–Crippen LogP) is 3.10. The first-order chi connectivity index (χ1) is 10.7. The van der Waals surface area contributed by atoms with Gasteiger partial charge in [0, 0.05) is 13.7 Å². The molecule has 23 heavy (non-hydrogen) atoms. The second kappa shape index (κ2) is 8.82. The Bertz CT molecular complexity index is 484. The molecule has 0 atom stereocenters. The quantitative estimate of drug-likeness (QED) is 0.736. The first kappa shape index (κ1) is 19.4. The third kappa shape index (κ3) is 6.95. The normalized spacial score (nSPS) is 11.6. The Morgan fingerprint density at radius 3 is 2.30 bits per heavy atom. The van der Waals surface area contributed by atoms with Gasteiger partial charge < -0.3 is 14.4 Å². The molecule has 1 aromatic carbocycles. The summed E-state index contributed by atoms with van der Waals surface area (Å²) in [5, 5.41) is 0. The van der Waals surface area contributed by atoms with Crippen molar-refractivity contribution in [2.45, 2.75) is 32.6 Å². The van der Waals surface area contributed by atoms with E-state index in [0.29, 0.717) is 5.75 Å². The van der Waals surface area contributed by atoms with E-state index in [2.05, 4.69) is 20.8 Å². The zero-order chi connectivity index (χ0) is 17.5. The summed E-state index contributed by atoms with van der Waals surface area (Å²) >= 11 is 0. The standard InChI is InChI=1S/C17H25F2NO3/c1-17(2,3)13-5-7-14(8-6-13)23-12-16(21)20(9-10-22-4)11-15(18)19/h5-8,15H,9-12H2,1-4H3. The van der Waals surface area contributed by atoms with Crippen LogP contribution in [0.1, 0.15) is 26.3 Å². The SMILES string of the molecule is COCCN(CC(F)F)C(=O)COc1ccc(C(C)(C)C)cc1. The number of amides is 1. The van der Waals surface area contributed by atoms with Gasteiger partial charge in [0.05, 0.1) is 13.2 Å². The molecule has 0 saturated heterocycles. The van der Waals surface area contributed by atoms with Gasteiger partial charge >= 0.3 is 0 Å². The summed E-state index contributed by atoms with van der Waals surface area (Å²) in [5.41, 5.74) is 1.18. The highest BCUT2D eigenvalue weighted by Crippen LogP contribution is 2.24. The van der Waals surface area contributed by atoms with E-state index in [1.54, 1.807) is 12.1 Å². The number of benzene rings is 1. The molecule has 0 aromatic heterocycles. The van der Waals surface area contributed by atoms with Gasteiger partial charge in [-0.3, -0.25) is 4.79 Å². The molecule has 1 amide bonds. The van der Waals surface area contributed by atoms with Crippen LogP contribution in [0, 0.1) is 0 Å². The smallest absolute Gasteiger partial charge is 0.260 e. The van der Waals surface area contributed by atoms with Crippen molar-refractivity contribution >= 4 is 5.91 Å². The minimum atomic E-state index is -2.58. The van der Waals surface area contributed by atoms with Crippen molar-refractivity contribution in [2.75, 3.05) is 33.4 Å². The van der Waals surface area contributed by atoms with Crippen LogP contribution in [0.3, 0.4) is 0 Å². The Morgan fingerprint density at radius 1 is 1.22 bits per heavy atom. The zero-order valence-corrected chi connectivity index (χ0v) is 14.1. The van der Waals surface area contributed by atoms with Crippen molar-refractivity contribution in [3.05, 3.63) is 29.8 Å². The minimum absolute atomic E-state index is 0.0303. The van der Waals surface area contributed by atoms with E-state index in [0.717, 1.165) is 10.5 Å². The number of hydrogen-bond donors (Lipinski definition) is 0. The van der Waals surface area contributed by atoms with E-state index in [1.807, 2.05) is 12.1 Å². The summed E-state index contributed by atoms with van der Waals surface area (Å²) in [6, 6.07) is 7.42. The highest BCUT2D eigenvalue weighted by molar-refractivity contribution is 5.77. The van der Waals surface area contributed by atoms with Crippen LogP contribution in [-0.2, 0) is 14.9 Å². The van der Waals surface area contributed by atoms with Crippen molar-refractivity contribution in [2.24, 2.45) is 0 Å². The number of carbonyl (C=O) groups excluding carboxylic acids is 1. The van der Waals surface area contributed by atoms with E-state index in [4.69, 9.17) is 9.47 Å². The van der Waals surface area contributed by atoms with Crippen LogP contribution in [0.5, 0.6) is 5.75 Å². The van der Waals surface area contributed by atoms with E-state index in [-0.39, 0.29) is 25.2 Å². The molecule has 0 spiro atoms. The first-order valence-electron chi connectivity index (χ1n) is 7.52. The number of methoxy groups -OCH3 is 1. The lowest BCUT2D eigenvalue weighted by atomic mass is 9.87. The van der Waals surface area contributed by atoms with Crippen molar-refractivity contribution < 1.29 is 23.0 Å². The van der Waals surface area contributed by atoms with Gasteiger partial charge in [-0.05, 0) is 23.1 Å². The average molecular weight is 329 g/mol. The summed E-state index contributed by atoms with van der Waals surface area (Å²) in [7, 11) is 1.46. The summed E-state index contributed by atoms with van der Waals surface area (Å²) in [4.78, 5) is 13.0. The van der Waals surface area contributed by atoms with Gasteiger partial charge in [-0.25, -0.2) is 8.78 Å². The lowest BCUT2D eigenvalue weighted by Crippen LogP contribution is -2.40. The number of halogens is 2. The maximum atomic E-state index is 12.5. The molecule has 0 unspecified atom stereocenters. The molecule has 0 aliphatic carbocycles. The fraction of sp³-hybridized carbons (Fsp3) is 0.588. The molecule has 0 heterocycles. The van der Waals surface area contributed by atoms with Gasteiger partial charge in [-0.15, -0.1) is 0 Å². The van der Waals surface area contributed by atoms with Crippen LogP contribution < -0.4 is 4.74 Å². The molecule has 0 bridgehead atoms. The number of nitrogens with zero attached hydrogens (tertiary/aromatic N) is 1. The molecule has 0 saturated carbocycles. The Balaban J connectivity index is 2.58. The molecule has 6 heteroatoms. The lowest BCUT2D eigenvalue weighted by Gasteiger charge is -2.22. The molecule has 4 nitrogen and oxygen atoms in total. The van der Waals surface area contributed by atoms with E-state index in [9.17, 15) is 13.6 Å². The summed E-state index contributed by atoms with van der Waals surface area (Å²) in [5.74, 6) is 0.0531. The lowest BCUT2D eigenvalue weighted by molar-refractivity contribution is -0.136. The maximum absolute atomic E-state index is 12.5. The summed E-state index contributed by atoms with van der Waals surface area (Å²) < 4.78 is 35.3. The van der Waals surface area contributed by atoms with Gasteiger partial charge in [0.2, 0.25) is 0 Å². The average Bonchev–Trinajstić information content (AvgIpc) is 2.48. The Kier molecular flexibility index (Phi) is 7.42. The topological polar surface area (TPSA) is 38.8 Å². The fourth-order valence-electron chi connectivity index (χ4n) is 1.97. The van der Waals surface area contributed by atoms with Gasteiger partial charge in [0.25, 0.3) is 12.3 Å². The summed E-state index contributed by atoms with van der Waals surface area (Å²) in [6.07, 6.45) is -2.58. The van der Waals surface area contributed by atoms with Crippen molar-refractivity contribution in [3.63, 3.8) is 0 Å². The molecule has 0 N–H and O–H groups in total. The molecular formula is C17H25F2NO3. The van der Waals surface area contributed by atoms with E-state index in [1.165, 1.54) is 7.11 Å². The Hall–Kier alpha value is -1.69. The van der Waals surface area contributed by atoms with Crippen LogP contribution >= 0.6 is 0 Å². The number of carbonyl (C=O) groups is 1. The van der Waals surface area contributed by atoms with Crippen molar-refractivity contribution in [3.8, 4) is 5.75 Å². The molecule has 1 rings (SSSR count). The first-order valence-corrected chi connectivity index (χ1v) is 7.52. The van der Waals surface area contributed by atoms with Crippen LogP contribution in [0.4, 0.5) is 8.78 Å².